The van der Waals surface area contributed by atoms with Crippen molar-refractivity contribution in [1.82, 2.24) is 5.32 Å². The van der Waals surface area contributed by atoms with E-state index >= 15 is 0 Å². The van der Waals surface area contributed by atoms with Crippen LogP contribution in [0.3, 0.4) is 0 Å². The highest BCUT2D eigenvalue weighted by Crippen LogP contribution is 2.19. The average Bonchev–Trinajstić information content (AvgIpc) is 2.31. The molecule has 1 aromatic rings. The first-order valence-electron chi connectivity index (χ1n) is 5.12. The van der Waals surface area contributed by atoms with Crippen LogP contribution in [-0.2, 0) is 4.74 Å². The van der Waals surface area contributed by atoms with Crippen molar-refractivity contribution in [3.05, 3.63) is 29.6 Å². The molecule has 3 N–H and O–H groups in total. The quantitative estimate of drug-likeness (QED) is 0.693. The third kappa shape index (κ3) is 3.70. The lowest BCUT2D eigenvalue weighted by Gasteiger charge is -2.10. The highest BCUT2D eigenvalue weighted by Gasteiger charge is 2.16. The number of carbonyl (C=O) groups is 2. The number of nitrogens with one attached hydrogen (secondary N) is 2. The minimum Gasteiger partial charge on any atom is -0.478 e. The Bertz CT molecular complexity index is 451. The molecule has 0 spiro atoms. The monoisotopic (exact) mass is 256 g/mol. The van der Waals surface area contributed by atoms with Gasteiger partial charge in [-0.1, -0.05) is 6.07 Å². The first-order chi connectivity index (χ1) is 8.56. The van der Waals surface area contributed by atoms with Gasteiger partial charge in [-0.25, -0.2) is 14.0 Å². The van der Waals surface area contributed by atoms with E-state index in [1.807, 2.05) is 0 Å². The molecule has 1 rings (SSSR count). The summed E-state index contributed by atoms with van der Waals surface area (Å²) in [4.78, 5) is 22.2. The average molecular weight is 256 g/mol. The summed E-state index contributed by atoms with van der Waals surface area (Å²) in [6.45, 7) is 0.537. The Morgan fingerprint density at radius 1 is 1.44 bits per heavy atom. The van der Waals surface area contributed by atoms with Crippen molar-refractivity contribution in [3.63, 3.8) is 0 Å². The number of aromatic carboxylic acids is 1. The number of rotatable bonds is 5. The van der Waals surface area contributed by atoms with Gasteiger partial charge in [0.05, 0.1) is 17.9 Å². The molecule has 0 aliphatic rings. The molecule has 6 nitrogen and oxygen atoms in total. The standard InChI is InChI=1S/C11H13FN2O4/c1-18-6-5-13-11(17)14-9-7(10(15)16)3-2-4-8(9)12/h2-4H,5-6H2,1H3,(H,15,16)(H2,13,14,17). The highest BCUT2D eigenvalue weighted by molar-refractivity contribution is 6.00. The lowest BCUT2D eigenvalue weighted by atomic mass is 10.1. The van der Waals surface area contributed by atoms with Crippen LogP contribution in [0.1, 0.15) is 10.4 Å². The van der Waals surface area contributed by atoms with E-state index in [4.69, 9.17) is 9.84 Å². The van der Waals surface area contributed by atoms with E-state index in [1.165, 1.54) is 19.2 Å². The van der Waals surface area contributed by atoms with Gasteiger partial charge in [0.2, 0.25) is 0 Å². The minimum absolute atomic E-state index is 0.235. The van der Waals surface area contributed by atoms with Crippen molar-refractivity contribution >= 4 is 17.7 Å². The molecule has 0 fully saturated rings. The first kappa shape index (κ1) is 13.9. The predicted octanol–water partition coefficient (Wildman–Crippen LogP) is 1.29. The van der Waals surface area contributed by atoms with Gasteiger partial charge in [0, 0.05) is 13.7 Å². The van der Waals surface area contributed by atoms with Gasteiger partial charge in [-0.2, -0.15) is 0 Å². The zero-order valence-corrected chi connectivity index (χ0v) is 9.70. The van der Waals surface area contributed by atoms with E-state index in [-0.39, 0.29) is 17.8 Å². The molecule has 0 aliphatic heterocycles. The molecule has 7 heteroatoms. The number of carboxylic acid groups (broad SMARTS) is 1. The summed E-state index contributed by atoms with van der Waals surface area (Å²) in [5.41, 5.74) is -0.670. The Hall–Kier alpha value is -2.15. The second-order valence-electron chi connectivity index (χ2n) is 3.34. The van der Waals surface area contributed by atoms with Gasteiger partial charge in [0.1, 0.15) is 5.82 Å². The maximum absolute atomic E-state index is 13.4. The number of para-hydroxylation sites is 1. The molecule has 0 aliphatic carbocycles. The fourth-order valence-electron chi connectivity index (χ4n) is 1.25. The molecule has 0 unspecified atom stereocenters. The van der Waals surface area contributed by atoms with Crippen LogP contribution in [0.5, 0.6) is 0 Å². The van der Waals surface area contributed by atoms with Crippen LogP contribution in [0.2, 0.25) is 0 Å². The molecule has 0 saturated heterocycles. The number of carbonyl (C=O) groups excluding carboxylic acids is 1. The van der Waals surface area contributed by atoms with E-state index in [0.717, 1.165) is 6.07 Å². The van der Waals surface area contributed by atoms with Gasteiger partial charge in [0.25, 0.3) is 0 Å². The maximum Gasteiger partial charge on any atom is 0.337 e. The topological polar surface area (TPSA) is 87.7 Å². The Morgan fingerprint density at radius 3 is 2.78 bits per heavy atom. The summed E-state index contributed by atoms with van der Waals surface area (Å²) >= 11 is 0. The van der Waals surface area contributed by atoms with Crippen LogP contribution in [-0.4, -0.2) is 37.4 Å². The summed E-state index contributed by atoms with van der Waals surface area (Å²) in [7, 11) is 1.47. The number of urea groups is 1. The zero-order chi connectivity index (χ0) is 13.5. The van der Waals surface area contributed by atoms with Crippen LogP contribution < -0.4 is 10.6 Å². The predicted molar refractivity (Wildman–Crippen MR) is 62.3 cm³/mol. The van der Waals surface area contributed by atoms with Gasteiger partial charge in [-0.05, 0) is 12.1 Å². The largest absolute Gasteiger partial charge is 0.478 e. The van der Waals surface area contributed by atoms with E-state index in [9.17, 15) is 14.0 Å². The number of hydrogen-bond donors (Lipinski definition) is 3. The van der Waals surface area contributed by atoms with Crippen LogP contribution in [0.25, 0.3) is 0 Å². The van der Waals surface area contributed by atoms with Gasteiger partial charge >= 0.3 is 12.0 Å². The number of anilines is 1. The molecular formula is C11H13FN2O4. The van der Waals surface area contributed by atoms with Gasteiger partial charge in [-0.3, -0.25) is 0 Å². The van der Waals surface area contributed by atoms with E-state index in [1.54, 1.807) is 0 Å². The van der Waals surface area contributed by atoms with Crippen molar-refractivity contribution in [1.29, 1.82) is 0 Å². The van der Waals surface area contributed by atoms with Crippen molar-refractivity contribution in [2.45, 2.75) is 0 Å². The summed E-state index contributed by atoms with van der Waals surface area (Å²) in [6, 6.07) is 2.83. The smallest absolute Gasteiger partial charge is 0.337 e. The molecule has 0 saturated carbocycles. The number of methoxy groups -OCH3 is 1. The summed E-state index contributed by atoms with van der Waals surface area (Å²) < 4.78 is 18.1. The van der Waals surface area contributed by atoms with Crippen molar-refractivity contribution in [2.24, 2.45) is 0 Å². The zero-order valence-electron chi connectivity index (χ0n) is 9.70. The molecule has 1 aromatic carbocycles. The number of hydrogen-bond acceptors (Lipinski definition) is 3. The second kappa shape index (κ2) is 6.55. The Labute approximate surface area is 103 Å². The Kier molecular flexibility index (Phi) is 5.06. The molecule has 2 amide bonds. The summed E-state index contributed by atoms with van der Waals surface area (Å²) in [5.74, 6) is -2.13. The van der Waals surface area contributed by atoms with Crippen LogP contribution in [0, 0.1) is 5.82 Å². The third-order valence-corrected chi connectivity index (χ3v) is 2.07. The number of carboxylic acids is 1. The SMILES string of the molecule is COCCNC(=O)Nc1c(F)cccc1C(=O)O. The number of halogens is 1. The van der Waals surface area contributed by atoms with Crippen LogP contribution >= 0.6 is 0 Å². The summed E-state index contributed by atoms with van der Waals surface area (Å²) in [6.07, 6.45) is 0. The van der Waals surface area contributed by atoms with Crippen LogP contribution in [0.15, 0.2) is 18.2 Å². The van der Waals surface area contributed by atoms with Crippen molar-refractivity contribution in [3.8, 4) is 0 Å². The number of ether oxygens (including phenoxy) is 1. The third-order valence-electron chi connectivity index (χ3n) is 2.07. The van der Waals surface area contributed by atoms with E-state index in [2.05, 4.69) is 10.6 Å². The molecule has 0 atom stereocenters. The van der Waals surface area contributed by atoms with Crippen molar-refractivity contribution in [2.75, 3.05) is 25.6 Å². The molecule has 0 heterocycles. The fourth-order valence-corrected chi connectivity index (χ4v) is 1.25. The second-order valence-corrected chi connectivity index (χ2v) is 3.34. The maximum atomic E-state index is 13.4. The van der Waals surface area contributed by atoms with E-state index < -0.39 is 17.8 Å². The van der Waals surface area contributed by atoms with Crippen molar-refractivity contribution < 1.29 is 23.8 Å². The number of benzene rings is 1. The van der Waals surface area contributed by atoms with Crippen LogP contribution in [0.4, 0.5) is 14.9 Å². The Morgan fingerprint density at radius 2 is 2.17 bits per heavy atom. The molecule has 98 valence electrons. The fraction of sp³-hybridized carbons (Fsp3) is 0.273. The lowest BCUT2D eigenvalue weighted by molar-refractivity contribution is 0.0697. The Balaban J connectivity index is 2.77. The molecule has 0 radical (unpaired) electrons. The molecule has 18 heavy (non-hydrogen) atoms. The molecular weight excluding hydrogens is 243 g/mol. The molecule has 0 aromatic heterocycles. The van der Waals surface area contributed by atoms with Gasteiger partial charge in [0.15, 0.2) is 0 Å². The van der Waals surface area contributed by atoms with Gasteiger partial charge < -0.3 is 20.5 Å². The highest BCUT2D eigenvalue weighted by atomic mass is 19.1. The number of amides is 2. The normalized spacial score (nSPS) is 9.89. The van der Waals surface area contributed by atoms with Gasteiger partial charge in [-0.15, -0.1) is 0 Å². The lowest BCUT2D eigenvalue weighted by Crippen LogP contribution is -2.32. The first-order valence-corrected chi connectivity index (χ1v) is 5.12. The summed E-state index contributed by atoms with van der Waals surface area (Å²) in [5, 5.41) is 13.4. The van der Waals surface area contributed by atoms with E-state index in [0.29, 0.717) is 6.61 Å². The minimum atomic E-state index is -1.32. The molecule has 0 bridgehead atoms.